The molecule has 1 atom stereocenters. The van der Waals surface area contributed by atoms with E-state index in [1.54, 1.807) is 18.3 Å². The van der Waals surface area contributed by atoms with Crippen molar-refractivity contribution >= 4 is 50.6 Å². The van der Waals surface area contributed by atoms with Crippen LogP contribution in [0.1, 0.15) is 29.4 Å². The summed E-state index contributed by atoms with van der Waals surface area (Å²) in [6.07, 6.45) is 2.39. The highest BCUT2D eigenvalue weighted by molar-refractivity contribution is 9.10. The molecular formula is C15H11BrN2O4. The van der Waals surface area contributed by atoms with E-state index in [2.05, 4.69) is 21.2 Å². The normalized spacial score (nSPS) is 18.3. The number of Topliss-reactive ketones (excluding diaryl/α,β-unsaturated/α-hetero) is 1. The first-order chi connectivity index (χ1) is 10.5. The quantitative estimate of drug-likeness (QED) is 0.390. The number of halogens is 1. The Morgan fingerprint density at radius 3 is 2.82 bits per heavy atom. The lowest BCUT2D eigenvalue weighted by Gasteiger charge is -2.23. The summed E-state index contributed by atoms with van der Waals surface area (Å²) in [5, 5.41) is 3.60. The summed E-state index contributed by atoms with van der Waals surface area (Å²) in [4.78, 5) is 46.3. The topological polar surface area (TPSA) is 85.2 Å². The van der Waals surface area contributed by atoms with Gasteiger partial charge in [0, 0.05) is 27.9 Å². The predicted octanol–water partition coefficient (Wildman–Crippen LogP) is 1.76. The fourth-order valence-corrected chi connectivity index (χ4v) is 3.07. The van der Waals surface area contributed by atoms with E-state index in [0.29, 0.717) is 11.8 Å². The molecule has 2 amide bonds. The summed E-state index contributed by atoms with van der Waals surface area (Å²) in [7, 11) is 0. The Morgan fingerprint density at radius 2 is 2.14 bits per heavy atom. The first kappa shape index (κ1) is 14.6. The first-order valence-corrected chi connectivity index (χ1v) is 7.44. The molecule has 0 aliphatic carbocycles. The Kier molecular flexibility index (Phi) is 3.66. The number of nitrogens with zero attached hydrogens (tertiary/aromatic N) is 1. The van der Waals surface area contributed by atoms with Crippen LogP contribution in [-0.4, -0.2) is 28.5 Å². The molecule has 7 heteroatoms. The number of carbonyl (C=O) groups is 4. The molecule has 1 aromatic heterocycles. The van der Waals surface area contributed by atoms with Crippen LogP contribution in [0.3, 0.4) is 0 Å². The molecule has 1 fully saturated rings. The second-order valence-corrected chi connectivity index (χ2v) is 5.98. The number of aromatic nitrogens is 1. The number of amides is 2. The maximum absolute atomic E-state index is 12.1. The average molecular weight is 363 g/mol. The van der Waals surface area contributed by atoms with Crippen LogP contribution in [-0.2, 0) is 14.4 Å². The van der Waals surface area contributed by atoms with Gasteiger partial charge < -0.3 is 4.57 Å². The summed E-state index contributed by atoms with van der Waals surface area (Å²) in [5.74, 6) is -1.49. The highest BCUT2D eigenvalue weighted by Crippen LogP contribution is 2.30. The van der Waals surface area contributed by atoms with E-state index in [1.165, 1.54) is 4.57 Å². The fourth-order valence-electron chi connectivity index (χ4n) is 2.71. The SMILES string of the molecule is O=CC(=O)c1c2cc(Br)ccc2cn1C1CCC(=O)NC1=O. The van der Waals surface area contributed by atoms with Crippen LogP contribution in [0.25, 0.3) is 10.8 Å². The fraction of sp³-hybridized carbons (Fsp3) is 0.200. The summed E-state index contributed by atoms with van der Waals surface area (Å²) < 4.78 is 2.26. The molecule has 0 saturated carbocycles. The smallest absolute Gasteiger partial charge is 0.249 e. The number of hydrogen-bond donors (Lipinski definition) is 1. The van der Waals surface area contributed by atoms with Crippen LogP contribution in [0.5, 0.6) is 0 Å². The van der Waals surface area contributed by atoms with Gasteiger partial charge in [0.2, 0.25) is 17.6 Å². The van der Waals surface area contributed by atoms with E-state index < -0.39 is 17.7 Å². The lowest BCUT2D eigenvalue weighted by Crippen LogP contribution is -2.42. The monoisotopic (exact) mass is 362 g/mol. The van der Waals surface area contributed by atoms with Crippen LogP contribution in [0.2, 0.25) is 0 Å². The van der Waals surface area contributed by atoms with E-state index >= 15 is 0 Å². The summed E-state index contributed by atoms with van der Waals surface area (Å²) in [6.45, 7) is 0. The van der Waals surface area contributed by atoms with Crippen LogP contribution >= 0.6 is 15.9 Å². The molecule has 1 aliphatic heterocycles. The van der Waals surface area contributed by atoms with Crippen molar-refractivity contribution in [1.82, 2.24) is 9.88 Å². The Hall–Kier alpha value is -2.28. The van der Waals surface area contributed by atoms with Gasteiger partial charge in [-0.05, 0) is 18.6 Å². The largest absolute Gasteiger partial charge is 0.331 e. The predicted molar refractivity (Wildman–Crippen MR) is 81.5 cm³/mol. The molecule has 2 aromatic rings. The summed E-state index contributed by atoms with van der Waals surface area (Å²) in [6, 6.07) is 4.66. The van der Waals surface area contributed by atoms with Crippen molar-refractivity contribution in [1.29, 1.82) is 0 Å². The van der Waals surface area contributed by atoms with Gasteiger partial charge in [-0.1, -0.05) is 22.0 Å². The van der Waals surface area contributed by atoms with Gasteiger partial charge in [-0.15, -0.1) is 0 Å². The van der Waals surface area contributed by atoms with Gasteiger partial charge in [0.25, 0.3) is 0 Å². The number of ketones is 1. The molecule has 0 spiro atoms. The molecule has 1 aromatic carbocycles. The van der Waals surface area contributed by atoms with E-state index in [1.807, 2.05) is 6.07 Å². The van der Waals surface area contributed by atoms with E-state index in [9.17, 15) is 19.2 Å². The first-order valence-electron chi connectivity index (χ1n) is 6.64. The zero-order valence-electron chi connectivity index (χ0n) is 11.3. The van der Waals surface area contributed by atoms with Crippen molar-refractivity contribution in [3.63, 3.8) is 0 Å². The lowest BCUT2D eigenvalue weighted by atomic mass is 10.1. The highest BCUT2D eigenvalue weighted by atomic mass is 79.9. The number of hydrogen-bond acceptors (Lipinski definition) is 4. The van der Waals surface area contributed by atoms with E-state index in [4.69, 9.17) is 0 Å². The van der Waals surface area contributed by atoms with Gasteiger partial charge in [-0.2, -0.15) is 0 Å². The number of piperidine rings is 1. The number of aldehydes is 1. The Bertz CT molecular complexity index is 824. The van der Waals surface area contributed by atoms with Gasteiger partial charge in [0.05, 0.1) is 0 Å². The van der Waals surface area contributed by atoms with Crippen LogP contribution < -0.4 is 5.32 Å². The minimum Gasteiger partial charge on any atom is -0.331 e. The number of imide groups is 1. The van der Waals surface area contributed by atoms with Crippen LogP contribution in [0, 0.1) is 0 Å². The maximum Gasteiger partial charge on any atom is 0.249 e. The molecule has 1 aliphatic rings. The van der Waals surface area contributed by atoms with Gasteiger partial charge in [0.15, 0.2) is 6.29 Å². The molecule has 1 saturated heterocycles. The Balaban J connectivity index is 2.20. The summed E-state index contributed by atoms with van der Waals surface area (Å²) >= 11 is 3.33. The molecule has 3 rings (SSSR count). The molecule has 22 heavy (non-hydrogen) atoms. The van der Waals surface area contributed by atoms with Gasteiger partial charge in [0.1, 0.15) is 11.7 Å². The second-order valence-electron chi connectivity index (χ2n) is 5.07. The highest BCUT2D eigenvalue weighted by Gasteiger charge is 2.31. The number of carbonyl (C=O) groups excluding carboxylic acids is 4. The number of benzene rings is 1. The molecule has 0 bridgehead atoms. The average Bonchev–Trinajstić information content (AvgIpc) is 2.84. The van der Waals surface area contributed by atoms with Crippen LogP contribution in [0.4, 0.5) is 0 Å². The van der Waals surface area contributed by atoms with Crippen molar-refractivity contribution in [3.05, 3.63) is 34.6 Å². The molecular weight excluding hydrogens is 352 g/mol. The third-order valence-electron chi connectivity index (χ3n) is 3.69. The van der Waals surface area contributed by atoms with Crippen molar-refractivity contribution in [2.75, 3.05) is 0 Å². The number of nitrogens with one attached hydrogen (secondary N) is 1. The van der Waals surface area contributed by atoms with Crippen molar-refractivity contribution in [3.8, 4) is 0 Å². The molecule has 1 unspecified atom stereocenters. The van der Waals surface area contributed by atoms with Gasteiger partial charge >= 0.3 is 0 Å². The van der Waals surface area contributed by atoms with Gasteiger partial charge in [-0.25, -0.2) is 0 Å². The Morgan fingerprint density at radius 1 is 1.36 bits per heavy atom. The molecule has 0 radical (unpaired) electrons. The second kappa shape index (κ2) is 5.49. The van der Waals surface area contributed by atoms with E-state index in [0.717, 1.165) is 9.86 Å². The minimum absolute atomic E-state index is 0.167. The van der Waals surface area contributed by atoms with Crippen molar-refractivity contribution in [2.45, 2.75) is 18.9 Å². The molecule has 6 nitrogen and oxygen atoms in total. The zero-order valence-corrected chi connectivity index (χ0v) is 12.9. The third kappa shape index (κ3) is 2.37. The Labute approximate surface area is 133 Å². The molecule has 2 heterocycles. The van der Waals surface area contributed by atoms with Crippen LogP contribution in [0.15, 0.2) is 28.9 Å². The van der Waals surface area contributed by atoms with Gasteiger partial charge in [-0.3, -0.25) is 24.5 Å². The third-order valence-corrected chi connectivity index (χ3v) is 4.19. The summed E-state index contributed by atoms with van der Waals surface area (Å²) in [5.41, 5.74) is 0.167. The zero-order chi connectivity index (χ0) is 15.9. The molecule has 1 N–H and O–H groups in total. The standard InChI is InChI=1S/C15H11BrN2O4/c16-9-2-1-8-6-18(11-3-4-13(21)17-15(11)22)14(10(8)5-9)12(20)7-19/h1-2,5-7,11H,3-4H2,(H,17,21,22). The number of rotatable bonds is 3. The van der Waals surface area contributed by atoms with E-state index in [-0.39, 0.29) is 24.3 Å². The molecule has 112 valence electrons. The lowest BCUT2D eigenvalue weighted by molar-refractivity contribution is -0.135. The maximum atomic E-state index is 12.1. The van der Waals surface area contributed by atoms with Crippen molar-refractivity contribution in [2.24, 2.45) is 0 Å². The number of fused-ring (bicyclic) bond motifs is 1. The van der Waals surface area contributed by atoms with Crippen molar-refractivity contribution < 1.29 is 19.2 Å². The minimum atomic E-state index is -0.696.